The second kappa shape index (κ2) is 11.3. The van der Waals surface area contributed by atoms with Crippen LogP contribution in [0.2, 0.25) is 5.02 Å². The Balaban J connectivity index is 1.31. The largest absolute Gasteiger partial charge is 0.320 e. The predicted molar refractivity (Wildman–Crippen MR) is 150 cm³/mol. The van der Waals surface area contributed by atoms with Crippen LogP contribution in [-0.4, -0.2) is 72.4 Å². The third-order valence-electron chi connectivity index (χ3n) is 8.77. The molecule has 0 aromatic heterocycles. The summed E-state index contributed by atoms with van der Waals surface area (Å²) in [6.07, 6.45) is 3.95. The van der Waals surface area contributed by atoms with E-state index in [9.17, 15) is 13.2 Å². The van der Waals surface area contributed by atoms with E-state index in [1.807, 2.05) is 6.07 Å². The maximum atomic E-state index is 13.9. The van der Waals surface area contributed by atoms with E-state index >= 15 is 0 Å². The number of nitrogens with zero attached hydrogens (tertiary/aromatic N) is 3. The fourth-order valence-corrected chi connectivity index (χ4v) is 7.91. The molecule has 206 valence electrons. The molecule has 0 unspecified atom stereocenters. The zero-order valence-corrected chi connectivity index (χ0v) is 23.9. The lowest BCUT2D eigenvalue weighted by Crippen LogP contribution is -2.63. The summed E-state index contributed by atoms with van der Waals surface area (Å²) in [6, 6.07) is 16.8. The van der Waals surface area contributed by atoms with Gasteiger partial charge in [0.15, 0.2) is 0 Å². The van der Waals surface area contributed by atoms with Crippen molar-refractivity contribution in [3.05, 3.63) is 65.2 Å². The summed E-state index contributed by atoms with van der Waals surface area (Å²) in [4.78, 5) is 18.8. The highest BCUT2D eigenvalue weighted by molar-refractivity contribution is 7.89. The van der Waals surface area contributed by atoms with Crippen molar-refractivity contribution < 1.29 is 13.2 Å². The van der Waals surface area contributed by atoms with E-state index in [4.69, 9.17) is 11.6 Å². The predicted octanol–water partition coefficient (Wildman–Crippen LogP) is 4.33. The number of halogens is 1. The van der Waals surface area contributed by atoms with Crippen molar-refractivity contribution in [3.63, 3.8) is 0 Å². The monoisotopic (exact) mass is 558 g/mol. The molecule has 3 saturated heterocycles. The first kappa shape index (κ1) is 27.6. The highest BCUT2D eigenvalue weighted by Crippen LogP contribution is 2.39. The molecule has 7 nitrogen and oxygen atoms in total. The van der Waals surface area contributed by atoms with Gasteiger partial charge < -0.3 is 4.90 Å². The third kappa shape index (κ3) is 5.39. The van der Waals surface area contributed by atoms with Gasteiger partial charge in [-0.25, -0.2) is 8.42 Å². The van der Waals surface area contributed by atoms with Crippen molar-refractivity contribution in [2.45, 2.75) is 75.1 Å². The molecule has 0 saturated carbocycles. The molecule has 3 fully saturated rings. The summed E-state index contributed by atoms with van der Waals surface area (Å²) in [5.41, 5.74) is 0.816. The molecule has 0 radical (unpaired) electrons. The van der Waals surface area contributed by atoms with Crippen LogP contribution in [0.25, 0.3) is 0 Å². The Kier molecular flexibility index (Phi) is 8.17. The van der Waals surface area contributed by atoms with Crippen LogP contribution in [0.3, 0.4) is 0 Å². The number of rotatable bonds is 7. The molecule has 38 heavy (non-hydrogen) atoms. The molecule has 1 amide bonds. The van der Waals surface area contributed by atoms with E-state index in [-0.39, 0.29) is 28.8 Å². The van der Waals surface area contributed by atoms with E-state index < -0.39 is 15.7 Å². The Labute approximate surface area is 232 Å². The summed E-state index contributed by atoms with van der Waals surface area (Å²) in [5.74, 6) is 0.410. The zero-order valence-electron chi connectivity index (χ0n) is 22.4. The van der Waals surface area contributed by atoms with Gasteiger partial charge in [0.25, 0.3) is 0 Å². The zero-order chi connectivity index (χ0) is 26.9. The normalized spacial score (nSPS) is 24.2. The van der Waals surface area contributed by atoms with Crippen molar-refractivity contribution in [3.8, 4) is 0 Å². The summed E-state index contributed by atoms with van der Waals surface area (Å²) in [6.45, 7) is 7.84. The van der Waals surface area contributed by atoms with Crippen LogP contribution < -0.4 is 5.32 Å². The topological polar surface area (TPSA) is 73.0 Å². The van der Waals surface area contributed by atoms with Gasteiger partial charge in [0.1, 0.15) is 0 Å². The minimum atomic E-state index is -3.62. The van der Waals surface area contributed by atoms with Crippen molar-refractivity contribution in [2.75, 3.05) is 26.2 Å². The maximum absolute atomic E-state index is 13.9. The SMILES string of the molecule is CC[C@H](C)[C@H]1NC2(CCN(S(=O)(=O)c3ccc(Cl)cc3)CC2)N(C2CCN(Cc3ccccc3)CC2)C1=O. The quantitative estimate of drug-likeness (QED) is 0.547. The molecule has 3 aliphatic heterocycles. The Bertz CT molecular complexity index is 1210. The van der Waals surface area contributed by atoms with Crippen molar-refractivity contribution in [1.82, 2.24) is 19.4 Å². The molecule has 1 spiro atoms. The number of hydrogen-bond acceptors (Lipinski definition) is 5. The summed E-state index contributed by atoms with van der Waals surface area (Å²) in [5, 5.41) is 4.26. The van der Waals surface area contributed by atoms with Gasteiger partial charge in [-0.15, -0.1) is 0 Å². The van der Waals surface area contributed by atoms with Gasteiger partial charge in [-0.1, -0.05) is 62.2 Å². The highest BCUT2D eigenvalue weighted by atomic mass is 35.5. The van der Waals surface area contributed by atoms with E-state index in [0.717, 1.165) is 38.9 Å². The Morgan fingerprint density at radius 1 is 1.00 bits per heavy atom. The van der Waals surface area contributed by atoms with Gasteiger partial charge >= 0.3 is 0 Å². The first-order valence-corrected chi connectivity index (χ1v) is 15.7. The first-order chi connectivity index (χ1) is 18.2. The van der Waals surface area contributed by atoms with Crippen molar-refractivity contribution in [1.29, 1.82) is 0 Å². The van der Waals surface area contributed by atoms with Gasteiger partial charge in [-0.05, 0) is 61.4 Å². The molecule has 3 aliphatic rings. The van der Waals surface area contributed by atoms with Gasteiger partial charge in [-0.3, -0.25) is 15.0 Å². The number of carbonyl (C=O) groups excluding carboxylic acids is 1. The number of nitrogens with one attached hydrogen (secondary N) is 1. The number of hydrogen-bond donors (Lipinski definition) is 1. The van der Waals surface area contributed by atoms with E-state index in [1.54, 1.807) is 28.6 Å². The number of carbonyl (C=O) groups is 1. The fourth-order valence-electron chi connectivity index (χ4n) is 6.35. The van der Waals surface area contributed by atoms with Gasteiger partial charge in [0.05, 0.1) is 16.6 Å². The molecule has 3 heterocycles. The molecule has 2 aromatic carbocycles. The minimum Gasteiger partial charge on any atom is -0.320 e. The highest BCUT2D eigenvalue weighted by Gasteiger charge is 2.55. The fraction of sp³-hybridized carbons (Fsp3) is 0.552. The smallest absolute Gasteiger partial charge is 0.243 e. The van der Waals surface area contributed by atoms with Crippen LogP contribution in [0, 0.1) is 5.92 Å². The first-order valence-electron chi connectivity index (χ1n) is 13.9. The summed E-state index contributed by atoms with van der Waals surface area (Å²) >= 11 is 5.98. The van der Waals surface area contributed by atoms with E-state index in [0.29, 0.717) is 31.0 Å². The second-order valence-electron chi connectivity index (χ2n) is 11.1. The lowest BCUT2D eigenvalue weighted by molar-refractivity contribution is -0.138. The Hall–Kier alpha value is -1.97. The van der Waals surface area contributed by atoms with Crippen molar-refractivity contribution in [2.24, 2.45) is 5.92 Å². The molecule has 2 atom stereocenters. The standard InChI is InChI=1S/C29H39ClN4O3S/c1-3-22(2)27-28(35)34(25-13-17-32(18-14-25)21-23-7-5-4-6-8-23)29(31-27)15-19-33(20-16-29)38(36,37)26-11-9-24(30)10-12-26/h4-12,22,25,27,31H,3,13-21H2,1-2H3/t22-,27+/m0/s1. The number of likely N-dealkylation sites (tertiary alicyclic amines) is 1. The van der Waals surface area contributed by atoms with Crippen LogP contribution in [-0.2, 0) is 21.4 Å². The summed E-state index contributed by atoms with van der Waals surface area (Å²) in [7, 11) is -3.62. The number of piperidine rings is 2. The lowest BCUT2D eigenvalue weighted by Gasteiger charge is -2.49. The lowest BCUT2D eigenvalue weighted by atomic mass is 9.92. The van der Waals surface area contributed by atoms with Crippen LogP contribution in [0.5, 0.6) is 0 Å². The van der Waals surface area contributed by atoms with Crippen LogP contribution in [0.1, 0.15) is 51.5 Å². The summed E-state index contributed by atoms with van der Waals surface area (Å²) < 4.78 is 28.2. The number of amides is 1. The van der Waals surface area contributed by atoms with Crippen molar-refractivity contribution >= 4 is 27.5 Å². The molecule has 0 bridgehead atoms. The Morgan fingerprint density at radius 2 is 1.63 bits per heavy atom. The molecule has 9 heteroatoms. The van der Waals surface area contributed by atoms with Crippen LogP contribution in [0.4, 0.5) is 0 Å². The van der Waals surface area contributed by atoms with E-state index in [1.165, 1.54) is 5.56 Å². The third-order valence-corrected chi connectivity index (χ3v) is 10.9. The van der Waals surface area contributed by atoms with Gasteiger partial charge in [0.2, 0.25) is 15.9 Å². The molecular weight excluding hydrogens is 520 g/mol. The Morgan fingerprint density at radius 3 is 2.24 bits per heavy atom. The van der Waals surface area contributed by atoms with Gasteiger partial charge in [-0.2, -0.15) is 4.31 Å². The van der Waals surface area contributed by atoms with Crippen LogP contribution in [0.15, 0.2) is 59.5 Å². The number of sulfonamides is 1. The molecule has 1 N–H and O–H groups in total. The molecule has 0 aliphatic carbocycles. The average Bonchev–Trinajstić information content (AvgIpc) is 3.21. The van der Waals surface area contributed by atoms with Gasteiger partial charge in [0, 0.05) is 43.8 Å². The average molecular weight is 559 g/mol. The second-order valence-corrected chi connectivity index (χ2v) is 13.5. The molecule has 2 aromatic rings. The molecular formula is C29H39ClN4O3S. The molecule has 5 rings (SSSR count). The number of benzene rings is 2. The maximum Gasteiger partial charge on any atom is 0.243 e. The minimum absolute atomic E-state index is 0.163. The van der Waals surface area contributed by atoms with E-state index in [2.05, 4.69) is 53.2 Å². The van der Waals surface area contributed by atoms with Crippen LogP contribution >= 0.6 is 11.6 Å².